The quantitative estimate of drug-likeness (QED) is 0.383. The summed E-state index contributed by atoms with van der Waals surface area (Å²) in [6, 6.07) is 17.3. The molecule has 10 heteroatoms. The molecule has 2 N–H and O–H groups in total. The topological polar surface area (TPSA) is 135 Å². The van der Waals surface area contributed by atoms with Crippen molar-refractivity contribution in [3.05, 3.63) is 71.7 Å². The second kappa shape index (κ2) is 10.3. The van der Waals surface area contributed by atoms with Gasteiger partial charge in [-0.1, -0.05) is 36.3 Å². The zero-order chi connectivity index (χ0) is 26.0. The van der Waals surface area contributed by atoms with Crippen LogP contribution in [0.2, 0.25) is 0 Å². The average Bonchev–Trinajstić information content (AvgIpc) is 3.72. The SMILES string of the molecule is N#Cc1cccc(-c2cc(-c3cn(Cc4cccc(C5(O)CCCC5)n4)nn3)nc(N[C@H]3CCOC3)n2)c1. The van der Waals surface area contributed by atoms with Crippen molar-refractivity contribution in [2.45, 2.75) is 50.3 Å². The smallest absolute Gasteiger partial charge is 0.224 e. The van der Waals surface area contributed by atoms with E-state index in [1.54, 1.807) is 10.7 Å². The van der Waals surface area contributed by atoms with Gasteiger partial charge in [0.05, 0.1) is 59.8 Å². The van der Waals surface area contributed by atoms with Gasteiger partial charge in [-0.15, -0.1) is 5.10 Å². The molecule has 1 saturated heterocycles. The lowest BCUT2D eigenvalue weighted by Gasteiger charge is -2.21. The number of aliphatic hydroxyl groups is 1. The lowest BCUT2D eigenvalue weighted by Crippen LogP contribution is -2.23. The summed E-state index contributed by atoms with van der Waals surface area (Å²) < 4.78 is 7.21. The molecule has 1 aromatic carbocycles. The van der Waals surface area contributed by atoms with Gasteiger partial charge in [-0.2, -0.15) is 5.26 Å². The maximum Gasteiger partial charge on any atom is 0.224 e. The van der Waals surface area contributed by atoms with Crippen LogP contribution < -0.4 is 5.32 Å². The molecule has 1 atom stereocenters. The maximum absolute atomic E-state index is 10.9. The number of pyridine rings is 1. The second-order valence-electron chi connectivity index (χ2n) is 9.91. The molecule has 4 aromatic rings. The van der Waals surface area contributed by atoms with E-state index in [4.69, 9.17) is 19.7 Å². The molecule has 0 radical (unpaired) electrons. The molecular weight excluding hydrogens is 480 g/mol. The Kier molecular flexibility index (Phi) is 6.54. The van der Waals surface area contributed by atoms with Gasteiger partial charge in [-0.25, -0.2) is 14.6 Å². The van der Waals surface area contributed by atoms with E-state index >= 15 is 0 Å². The Morgan fingerprint density at radius 1 is 1.05 bits per heavy atom. The molecule has 6 rings (SSSR count). The van der Waals surface area contributed by atoms with E-state index in [1.807, 2.05) is 48.7 Å². The molecule has 0 spiro atoms. The van der Waals surface area contributed by atoms with Gasteiger partial charge in [-0.3, -0.25) is 4.98 Å². The summed E-state index contributed by atoms with van der Waals surface area (Å²) in [5, 5.41) is 32.4. The van der Waals surface area contributed by atoms with Gasteiger partial charge in [-0.05, 0) is 49.6 Å². The molecule has 0 amide bonds. The number of nitrogens with zero attached hydrogens (tertiary/aromatic N) is 7. The fourth-order valence-corrected chi connectivity index (χ4v) is 5.07. The third-order valence-corrected chi connectivity index (χ3v) is 7.12. The number of rotatable bonds is 7. The van der Waals surface area contributed by atoms with Crippen molar-refractivity contribution in [3.8, 4) is 28.7 Å². The summed E-state index contributed by atoms with van der Waals surface area (Å²) in [6.45, 7) is 1.73. The van der Waals surface area contributed by atoms with Crippen LogP contribution in [0, 0.1) is 11.3 Å². The van der Waals surface area contributed by atoms with Crippen molar-refractivity contribution < 1.29 is 9.84 Å². The average molecular weight is 509 g/mol. The first-order chi connectivity index (χ1) is 18.6. The summed E-state index contributed by atoms with van der Waals surface area (Å²) in [4.78, 5) is 14.2. The largest absolute Gasteiger partial charge is 0.384 e. The first-order valence-electron chi connectivity index (χ1n) is 12.9. The molecule has 3 aromatic heterocycles. The van der Waals surface area contributed by atoms with Gasteiger partial charge in [0.2, 0.25) is 5.95 Å². The van der Waals surface area contributed by atoms with E-state index in [1.165, 1.54) is 0 Å². The van der Waals surface area contributed by atoms with Crippen molar-refractivity contribution in [2.75, 3.05) is 18.5 Å². The molecule has 1 saturated carbocycles. The second-order valence-corrected chi connectivity index (χ2v) is 9.91. The Morgan fingerprint density at radius 3 is 2.71 bits per heavy atom. The molecule has 2 aliphatic rings. The summed E-state index contributed by atoms with van der Waals surface area (Å²) in [5.74, 6) is 0.476. The standard InChI is InChI=1S/C28H28N8O2/c29-15-19-5-3-6-20(13-19)23-14-24(33-27(32-23)31-22-9-12-38-18-22)25-17-36(35-34-25)16-21-7-4-8-26(30-21)28(37)10-1-2-11-28/h3-8,13-14,17,22,37H,1-2,9-12,16,18H2,(H,31,32,33)/t22-/m0/s1. The highest BCUT2D eigenvalue weighted by molar-refractivity contribution is 5.68. The third-order valence-electron chi connectivity index (χ3n) is 7.12. The molecule has 0 bridgehead atoms. The van der Waals surface area contributed by atoms with E-state index in [0.29, 0.717) is 48.4 Å². The number of hydrogen-bond acceptors (Lipinski definition) is 9. The lowest BCUT2D eigenvalue weighted by molar-refractivity contribution is 0.0397. The molecule has 192 valence electrons. The Bertz CT molecular complexity index is 1480. The fraction of sp³-hybridized carbons (Fsp3) is 0.357. The van der Waals surface area contributed by atoms with Crippen LogP contribution >= 0.6 is 0 Å². The highest BCUT2D eigenvalue weighted by atomic mass is 16.5. The number of benzene rings is 1. The predicted molar refractivity (Wildman–Crippen MR) is 140 cm³/mol. The monoisotopic (exact) mass is 508 g/mol. The van der Waals surface area contributed by atoms with Crippen molar-refractivity contribution >= 4 is 5.95 Å². The molecule has 4 heterocycles. The molecular formula is C28H28N8O2. The lowest BCUT2D eigenvalue weighted by atomic mass is 9.97. The number of nitriles is 1. The van der Waals surface area contributed by atoms with Crippen molar-refractivity contribution in [1.29, 1.82) is 5.26 Å². The fourth-order valence-electron chi connectivity index (χ4n) is 5.07. The minimum absolute atomic E-state index is 0.132. The Balaban J connectivity index is 1.29. The van der Waals surface area contributed by atoms with Crippen LogP contribution in [-0.4, -0.2) is 54.3 Å². The molecule has 0 unspecified atom stereocenters. The van der Waals surface area contributed by atoms with Gasteiger partial charge in [0.25, 0.3) is 0 Å². The molecule has 1 aliphatic carbocycles. The van der Waals surface area contributed by atoms with E-state index < -0.39 is 5.60 Å². The Labute approximate surface area is 220 Å². The normalized spacial score (nSPS) is 18.4. The van der Waals surface area contributed by atoms with Crippen LogP contribution in [0.1, 0.15) is 49.1 Å². The van der Waals surface area contributed by atoms with Crippen LogP contribution in [0.15, 0.2) is 54.7 Å². The first kappa shape index (κ1) is 24.2. The highest BCUT2D eigenvalue weighted by Crippen LogP contribution is 2.37. The number of anilines is 1. The van der Waals surface area contributed by atoms with Gasteiger partial charge >= 0.3 is 0 Å². The van der Waals surface area contributed by atoms with Crippen molar-refractivity contribution in [3.63, 3.8) is 0 Å². The molecule has 1 aliphatic heterocycles. The summed E-state index contributed by atoms with van der Waals surface area (Å²) in [5.41, 5.74) is 3.97. The van der Waals surface area contributed by atoms with Crippen LogP contribution in [0.3, 0.4) is 0 Å². The third kappa shape index (κ3) is 5.11. The minimum atomic E-state index is -0.836. The maximum atomic E-state index is 10.9. The minimum Gasteiger partial charge on any atom is -0.384 e. The number of hydrogen-bond donors (Lipinski definition) is 2. The first-order valence-corrected chi connectivity index (χ1v) is 12.9. The van der Waals surface area contributed by atoms with E-state index in [0.717, 1.165) is 49.1 Å². The van der Waals surface area contributed by atoms with Gasteiger partial charge < -0.3 is 15.2 Å². The van der Waals surface area contributed by atoms with Crippen molar-refractivity contribution in [1.82, 2.24) is 29.9 Å². The Morgan fingerprint density at radius 2 is 1.89 bits per heavy atom. The summed E-state index contributed by atoms with van der Waals surface area (Å²) in [7, 11) is 0. The van der Waals surface area contributed by atoms with E-state index in [2.05, 4.69) is 21.7 Å². The zero-order valence-electron chi connectivity index (χ0n) is 20.9. The summed E-state index contributed by atoms with van der Waals surface area (Å²) >= 11 is 0. The number of nitrogens with one attached hydrogen (secondary N) is 1. The predicted octanol–water partition coefficient (Wildman–Crippen LogP) is 3.68. The van der Waals surface area contributed by atoms with Gasteiger partial charge in [0.15, 0.2) is 0 Å². The molecule has 38 heavy (non-hydrogen) atoms. The molecule has 10 nitrogen and oxygen atoms in total. The highest BCUT2D eigenvalue weighted by Gasteiger charge is 2.34. The number of aromatic nitrogens is 6. The van der Waals surface area contributed by atoms with Gasteiger partial charge in [0.1, 0.15) is 11.3 Å². The van der Waals surface area contributed by atoms with E-state index in [9.17, 15) is 10.4 Å². The summed E-state index contributed by atoms with van der Waals surface area (Å²) in [6.07, 6.45) is 6.23. The van der Waals surface area contributed by atoms with Crippen LogP contribution in [-0.2, 0) is 16.9 Å². The van der Waals surface area contributed by atoms with Crippen LogP contribution in [0.4, 0.5) is 5.95 Å². The van der Waals surface area contributed by atoms with Crippen LogP contribution in [0.25, 0.3) is 22.6 Å². The van der Waals surface area contributed by atoms with Crippen LogP contribution in [0.5, 0.6) is 0 Å². The molecule has 2 fully saturated rings. The number of ether oxygens (including phenoxy) is 1. The van der Waals surface area contributed by atoms with Gasteiger partial charge in [0, 0.05) is 12.2 Å². The van der Waals surface area contributed by atoms with Crippen molar-refractivity contribution in [2.24, 2.45) is 0 Å². The Hall–Kier alpha value is -4.20. The zero-order valence-corrected chi connectivity index (χ0v) is 20.9. The van der Waals surface area contributed by atoms with E-state index in [-0.39, 0.29) is 6.04 Å².